The summed E-state index contributed by atoms with van der Waals surface area (Å²) < 4.78 is 30.6. The number of nitrogens with zero attached hydrogens (tertiary/aromatic N) is 4. The molecule has 0 unspecified atom stereocenters. The molecule has 1 aromatic rings. The molecular formula is C15H28N4O4S. The highest BCUT2D eigenvalue weighted by atomic mass is 32.2. The maximum absolute atomic E-state index is 12.5. The molecule has 0 atom stereocenters. The number of aromatic nitrogens is 3. The molecule has 1 amide bonds. The van der Waals surface area contributed by atoms with Gasteiger partial charge in [0.1, 0.15) is 6.33 Å². The molecule has 0 N–H and O–H groups in total. The van der Waals surface area contributed by atoms with Crippen LogP contribution in [0.3, 0.4) is 0 Å². The Labute approximate surface area is 144 Å². The Morgan fingerprint density at radius 2 is 1.96 bits per heavy atom. The third-order valence-electron chi connectivity index (χ3n) is 3.44. The second kappa shape index (κ2) is 10.4. The van der Waals surface area contributed by atoms with Gasteiger partial charge in [-0.3, -0.25) is 0 Å². The normalized spacial score (nSPS) is 11.6. The van der Waals surface area contributed by atoms with E-state index in [0.717, 1.165) is 23.9 Å². The van der Waals surface area contributed by atoms with Crippen molar-refractivity contribution in [2.45, 2.75) is 51.6 Å². The number of ether oxygens (including phenoxy) is 1. The van der Waals surface area contributed by atoms with E-state index >= 15 is 0 Å². The summed E-state index contributed by atoms with van der Waals surface area (Å²) in [6.07, 6.45) is 4.28. The highest BCUT2D eigenvalue weighted by molar-refractivity contribution is 7.91. The van der Waals surface area contributed by atoms with Crippen molar-refractivity contribution in [1.82, 2.24) is 19.7 Å². The molecule has 0 aliphatic rings. The van der Waals surface area contributed by atoms with Gasteiger partial charge in [-0.15, -0.1) is 5.10 Å². The van der Waals surface area contributed by atoms with Gasteiger partial charge >= 0.3 is 6.03 Å². The van der Waals surface area contributed by atoms with Crippen molar-refractivity contribution in [2.75, 3.05) is 32.1 Å². The number of carbonyl (C=O) groups is 1. The van der Waals surface area contributed by atoms with Crippen molar-refractivity contribution >= 4 is 15.9 Å². The lowest BCUT2D eigenvalue weighted by atomic mass is 10.3. The summed E-state index contributed by atoms with van der Waals surface area (Å²) in [6.45, 7) is 7.84. The first-order chi connectivity index (χ1) is 11.5. The molecule has 138 valence electrons. The lowest BCUT2D eigenvalue weighted by Gasteiger charge is -2.21. The Balaban J connectivity index is 2.79. The summed E-state index contributed by atoms with van der Waals surface area (Å²) in [6, 6.07) is -0.390. The van der Waals surface area contributed by atoms with Gasteiger partial charge in [-0.1, -0.05) is 26.7 Å². The van der Waals surface area contributed by atoms with Gasteiger partial charge < -0.3 is 9.64 Å². The third kappa shape index (κ3) is 6.20. The number of hydrogen-bond donors (Lipinski definition) is 0. The lowest BCUT2D eigenvalue weighted by molar-refractivity contribution is 0.118. The molecule has 0 bridgehead atoms. The van der Waals surface area contributed by atoms with E-state index in [0.29, 0.717) is 32.7 Å². The van der Waals surface area contributed by atoms with E-state index in [1.165, 1.54) is 6.33 Å². The summed E-state index contributed by atoms with van der Waals surface area (Å²) in [4.78, 5) is 17.9. The fourth-order valence-corrected chi connectivity index (χ4v) is 3.34. The molecule has 1 heterocycles. The van der Waals surface area contributed by atoms with Crippen LogP contribution in [-0.2, 0) is 14.6 Å². The molecule has 0 aliphatic heterocycles. The van der Waals surface area contributed by atoms with Crippen LogP contribution >= 0.6 is 0 Å². The van der Waals surface area contributed by atoms with Crippen LogP contribution in [-0.4, -0.2) is 66.2 Å². The topological polar surface area (TPSA) is 94.4 Å². The summed E-state index contributed by atoms with van der Waals surface area (Å²) >= 11 is 0. The van der Waals surface area contributed by atoms with Gasteiger partial charge in [0, 0.05) is 19.7 Å². The van der Waals surface area contributed by atoms with Crippen LogP contribution in [0.4, 0.5) is 4.79 Å². The summed E-state index contributed by atoms with van der Waals surface area (Å²) in [5.41, 5.74) is 0. The van der Waals surface area contributed by atoms with E-state index in [1.54, 1.807) is 4.90 Å². The standard InChI is InChI=1S/C15H28N4O4S/c1-4-7-8-12-24(21,22)14-16-13-19(17-14)15(20)18(9-5-2)10-11-23-6-3/h13H,4-12H2,1-3H3. The average Bonchev–Trinajstić information content (AvgIpc) is 3.04. The lowest BCUT2D eigenvalue weighted by Crippen LogP contribution is -2.38. The van der Waals surface area contributed by atoms with E-state index in [-0.39, 0.29) is 16.9 Å². The highest BCUT2D eigenvalue weighted by Gasteiger charge is 2.22. The van der Waals surface area contributed by atoms with Crippen LogP contribution in [0, 0.1) is 0 Å². The number of hydrogen-bond acceptors (Lipinski definition) is 6. The third-order valence-corrected chi connectivity index (χ3v) is 5.00. The fraction of sp³-hybridized carbons (Fsp3) is 0.800. The van der Waals surface area contributed by atoms with Crippen LogP contribution in [0.2, 0.25) is 0 Å². The van der Waals surface area contributed by atoms with E-state index in [9.17, 15) is 13.2 Å². The fourth-order valence-electron chi connectivity index (χ4n) is 2.15. The summed E-state index contributed by atoms with van der Waals surface area (Å²) in [5, 5.41) is 3.59. The molecule has 24 heavy (non-hydrogen) atoms. The first-order valence-electron chi connectivity index (χ1n) is 8.47. The number of amides is 1. The van der Waals surface area contributed by atoms with E-state index in [1.807, 2.05) is 20.8 Å². The molecule has 1 aromatic heterocycles. The van der Waals surface area contributed by atoms with Gasteiger partial charge in [-0.05, 0) is 19.8 Å². The number of sulfone groups is 1. The Morgan fingerprint density at radius 3 is 2.58 bits per heavy atom. The zero-order valence-electron chi connectivity index (χ0n) is 14.8. The van der Waals surface area contributed by atoms with Gasteiger partial charge in [0.25, 0.3) is 5.16 Å². The Bertz CT molecular complexity index is 600. The van der Waals surface area contributed by atoms with Crippen LogP contribution in [0.5, 0.6) is 0 Å². The van der Waals surface area contributed by atoms with Crippen molar-refractivity contribution in [2.24, 2.45) is 0 Å². The zero-order valence-corrected chi connectivity index (χ0v) is 15.6. The van der Waals surface area contributed by atoms with Gasteiger partial charge in [0.2, 0.25) is 9.84 Å². The Kier molecular flexibility index (Phi) is 8.91. The first-order valence-corrected chi connectivity index (χ1v) is 10.1. The van der Waals surface area contributed by atoms with Gasteiger partial charge in [0.15, 0.2) is 0 Å². The van der Waals surface area contributed by atoms with Crippen LogP contribution < -0.4 is 0 Å². The van der Waals surface area contributed by atoms with Crippen molar-refractivity contribution in [3.63, 3.8) is 0 Å². The van der Waals surface area contributed by atoms with Gasteiger partial charge in [-0.2, -0.15) is 4.68 Å². The molecular weight excluding hydrogens is 332 g/mol. The number of carbonyl (C=O) groups excluding carboxylic acids is 1. The quantitative estimate of drug-likeness (QED) is 0.560. The van der Waals surface area contributed by atoms with E-state index < -0.39 is 9.84 Å². The van der Waals surface area contributed by atoms with Gasteiger partial charge in [0.05, 0.1) is 12.4 Å². The minimum Gasteiger partial charge on any atom is -0.380 e. The molecule has 0 aromatic carbocycles. The van der Waals surface area contributed by atoms with E-state index in [2.05, 4.69) is 10.1 Å². The van der Waals surface area contributed by atoms with Crippen LogP contribution in [0.15, 0.2) is 11.5 Å². The van der Waals surface area contributed by atoms with Crippen molar-refractivity contribution in [3.8, 4) is 0 Å². The Morgan fingerprint density at radius 1 is 1.21 bits per heavy atom. The van der Waals surface area contributed by atoms with Crippen LogP contribution in [0.1, 0.15) is 46.5 Å². The van der Waals surface area contributed by atoms with Crippen molar-refractivity contribution < 1.29 is 17.9 Å². The first kappa shape index (κ1) is 20.6. The van der Waals surface area contributed by atoms with Crippen molar-refractivity contribution in [1.29, 1.82) is 0 Å². The minimum atomic E-state index is -3.54. The summed E-state index contributed by atoms with van der Waals surface area (Å²) in [7, 11) is -3.54. The molecule has 0 saturated carbocycles. The second-order valence-corrected chi connectivity index (χ2v) is 7.47. The molecule has 1 rings (SSSR count). The molecule has 0 aliphatic carbocycles. The molecule has 0 fully saturated rings. The monoisotopic (exact) mass is 360 g/mol. The smallest absolute Gasteiger partial charge is 0.346 e. The maximum atomic E-state index is 12.5. The minimum absolute atomic E-state index is 0.00204. The summed E-state index contributed by atoms with van der Waals surface area (Å²) in [5.74, 6) is 0.00204. The Hall–Kier alpha value is -1.48. The predicted octanol–water partition coefficient (Wildman–Crippen LogP) is 1.96. The molecule has 8 nitrogen and oxygen atoms in total. The highest BCUT2D eigenvalue weighted by Crippen LogP contribution is 2.08. The second-order valence-electron chi connectivity index (χ2n) is 5.46. The largest absolute Gasteiger partial charge is 0.380 e. The number of unbranched alkanes of at least 4 members (excludes halogenated alkanes) is 2. The molecule has 9 heteroatoms. The predicted molar refractivity (Wildman–Crippen MR) is 90.8 cm³/mol. The van der Waals surface area contributed by atoms with E-state index in [4.69, 9.17) is 4.74 Å². The SMILES string of the molecule is CCCCCS(=O)(=O)c1ncn(C(=O)N(CCC)CCOCC)n1. The van der Waals surface area contributed by atoms with Crippen molar-refractivity contribution in [3.05, 3.63) is 6.33 Å². The maximum Gasteiger partial charge on any atom is 0.346 e. The van der Waals surface area contributed by atoms with Gasteiger partial charge in [-0.25, -0.2) is 18.2 Å². The zero-order chi connectivity index (χ0) is 18.0. The average molecular weight is 360 g/mol. The van der Waals surface area contributed by atoms with Crippen LogP contribution in [0.25, 0.3) is 0 Å². The molecule has 0 radical (unpaired) electrons. The molecule has 0 spiro atoms. The molecule has 0 saturated heterocycles. The number of rotatable bonds is 11.